The van der Waals surface area contributed by atoms with Crippen molar-refractivity contribution in [3.05, 3.63) is 35.9 Å². The van der Waals surface area contributed by atoms with Crippen LogP contribution >= 0.6 is 15.9 Å². The summed E-state index contributed by atoms with van der Waals surface area (Å²) in [7, 11) is 0. The molecular weight excluding hydrogens is 298 g/mol. The summed E-state index contributed by atoms with van der Waals surface area (Å²) in [5.74, 6) is 0. The van der Waals surface area contributed by atoms with Gasteiger partial charge in [-0.2, -0.15) is 0 Å². The first-order chi connectivity index (χ1) is 8.76. The summed E-state index contributed by atoms with van der Waals surface area (Å²) in [5.41, 5.74) is 1.16. The first-order valence-corrected chi connectivity index (χ1v) is 6.65. The summed E-state index contributed by atoms with van der Waals surface area (Å²) < 4.78 is 5.39. The molecule has 0 aliphatic carbocycles. The molecule has 2 rings (SSSR count). The van der Waals surface area contributed by atoms with Gasteiger partial charge in [-0.05, 0) is 12.0 Å². The minimum Gasteiger partial charge on any atom is -0.354 e. The van der Waals surface area contributed by atoms with Crippen LogP contribution in [-0.4, -0.2) is 41.3 Å². The molecule has 1 aliphatic rings. The molecule has 3 unspecified atom stereocenters. The van der Waals surface area contributed by atoms with Gasteiger partial charge in [-0.15, -0.1) is 0 Å². The molecule has 18 heavy (non-hydrogen) atoms. The van der Waals surface area contributed by atoms with E-state index in [-0.39, 0.29) is 6.04 Å². The van der Waals surface area contributed by atoms with Crippen LogP contribution in [0.1, 0.15) is 5.56 Å². The van der Waals surface area contributed by atoms with E-state index in [1.165, 1.54) is 0 Å². The number of alkyl halides is 1. The predicted octanol–water partition coefficient (Wildman–Crippen LogP) is 1.37. The minimum atomic E-state index is -0.645. The minimum absolute atomic E-state index is 0.0252. The average Bonchev–Trinajstić information content (AvgIpc) is 2.82. The largest absolute Gasteiger partial charge is 0.354 e. The lowest BCUT2D eigenvalue weighted by Crippen LogP contribution is -2.44. The normalized spacial score (nSPS) is 25.8. The van der Waals surface area contributed by atoms with E-state index in [9.17, 15) is 9.59 Å². The second kappa shape index (κ2) is 6.22. The predicted molar refractivity (Wildman–Crippen MR) is 70.4 cm³/mol. The van der Waals surface area contributed by atoms with Crippen molar-refractivity contribution in [2.75, 3.05) is 6.61 Å². The van der Waals surface area contributed by atoms with Gasteiger partial charge >= 0.3 is 0 Å². The highest BCUT2D eigenvalue weighted by molar-refractivity contribution is 9.09. The Kier molecular flexibility index (Phi) is 4.63. The molecule has 5 heteroatoms. The number of carbonyl (C=O) groups is 2. The van der Waals surface area contributed by atoms with Crippen LogP contribution < -0.4 is 0 Å². The zero-order valence-electron chi connectivity index (χ0n) is 9.74. The zero-order valence-corrected chi connectivity index (χ0v) is 11.3. The molecule has 1 saturated heterocycles. The van der Waals surface area contributed by atoms with E-state index in [0.717, 1.165) is 24.6 Å². The van der Waals surface area contributed by atoms with E-state index in [1.54, 1.807) is 4.90 Å². The number of nitrogens with zero attached hydrogens (tertiary/aromatic N) is 1. The van der Waals surface area contributed by atoms with Gasteiger partial charge in [-0.25, -0.2) is 4.90 Å². The van der Waals surface area contributed by atoms with Crippen molar-refractivity contribution < 1.29 is 14.3 Å². The van der Waals surface area contributed by atoms with Gasteiger partial charge in [-0.3, -0.25) is 4.79 Å². The number of benzene rings is 1. The summed E-state index contributed by atoms with van der Waals surface area (Å²) >= 11 is 3.26. The Bertz CT molecular complexity index is 412. The van der Waals surface area contributed by atoms with E-state index >= 15 is 0 Å². The van der Waals surface area contributed by atoms with Gasteiger partial charge in [0.05, 0.1) is 6.61 Å². The molecule has 1 aromatic carbocycles. The van der Waals surface area contributed by atoms with E-state index in [1.807, 2.05) is 30.3 Å². The third kappa shape index (κ3) is 2.85. The highest BCUT2D eigenvalue weighted by Gasteiger charge is 2.37. The van der Waals surface area contributed by atoms with Gasteiger partial charge in [0, 0.05) is 6.04 Å². The summed E-state index contributed by atoms with van der Waals surface area (Å²) in [5, 5.41) is 0. The van der Waals surface area contributed by atoms with Crippen LogP contribution in [0.15, 0.2) is 30.3 Å². The number of rotatable bonds is 5. The Labute approximate surface area is 114 Å². The first-order valence-electron chi connectivity index (χ1n) is 5.74. The highest BCUT2D eigenvalue weighted by Crippen LogP contribution is 2.24. The molecule has 0 spiro atoms. The molecule has 0 bridgehead atoms. The lowest BCUT2D eigenvalue weighted by atomic mass is 10.1. The molecule has 3 atom stereocenters. The van der Waals surface area contributed by atoms with Crippen molar-refractivity contribution in [3.63, 3.8) is 0 Å². The summed E-state index contributed by atoms with van der Waals surface area (Å²) in [6.07, 6.45) is 1.60. The third-order valence-corrected chi connectivity index (χ3v) is 3.69. The SMILES string of the molecule is O=CC(Br)N1C(Cc2ccccc2)COC1C=O. The first kappa shape index (κ1) is 13.4. The molecule has 1 fully saturated rings. The van der Waals surface area contributed by atoms with Crippen LogP contribution in [-0.2, 0) is 20.7 Å². The number of ether oxygens (including phenoxy) is 1. The molecule has 1 heterocycles. The van der Waals surface area contributed by atoms with Gasteiger partial charge in [0.2, 0.25) is 0 Å². The molecule has 0 aromatic heterocycles. The standard InChI is InChI=1S/C13H14BrNO3/c14-12(7-16)15-11(9-18-13(15)8-17)6-10-4-2-1-3-5-10/h1-5,7-8,11-13H,6,9H2. The highest BCUT2D eigenvalue weighted by atomic mass is 79.9. The van der Waals surface area contributed by atoms with Crippen LogP contribution in [0.25, 0.3) is 0 Å². The van der Waals surface area contributed by atoms with Crippen LogP contribution in [0.3, 0.4) is 0 Å². The van der Waals surface area contributed by atoms with Crippen molar-refractivity contribution in [2.45, 2.75) is 23.6 Å². The number of hydrogen-bond donors (Lipinski definition) is 0. The number of carbonyl (C=O) groups excluding carboxylic acids is 2. The van der Waals surface area contributed by atoms with Crippen molar-refractivity contribution >= 4 is 28.5 Å². The van der Waals surface area contributed by atoms with Crippen LogP contribution in [0, 0.1) is 0 Å². The van der Waals surface area contributed by atoms with Crippen LogP contribution in [0.2, 0.25) is 0 Å². The Morgan fingerprint density at radius 2 is 2.11 bits per heavy atom. The zero-order chi connectivity index (χ0) is 13.0. The molecule has 4 nitrogen and oxygen atoms in total. The molecular formula is C13H14BrNO3. The molecule has 0 radical (unpaired) electrons. The van der Waals surface area contributed by atoms with E-state index < -0.39 is 11.2 Å². The van der Waals surface area contributed by atoms with Gasteiger partial charge in [-0.1, -0.05) is 46.3 Å². The summed E-state index contributed by atoms with van der Waals surface area (Å²) in [6.45, 7) is 0.453. The molecule has 96 valence electrons. The molecule has 0 amide bonds. The molecule has 0 saturated carbocycles. The van der Waals surface area contributed by atoms with Crippen molar-refractivity contribution in [3.8, 4) is 0 Å². The lowest BCUT2D eigenvalue weighted by molar-refractivity contribution is -0.123. The van der Waals surface area contributed by atoms with E-state index in [0.29, 0.717) is 6.61 Å². The Morgan fingerprint density at radius 3 is 2.72 bits per heavy atom. The second-order valence-corrected chi connectivity index (χ2v) is 5.10. The maximum absolute atomic E-state index is 10.9. The maximum atomic E-state index is 10.9. The van der Waals surface area contributed by atoms with E-state index in [4.69, 9.17) is 4.74 Å². The monoisotopic (exact) mass is 311 g/mol. The van der Waals surface area contributed by atoms with E-state index in [2.05, 4.69) is 15.9 Å². The number of hydrogen-bond acceptors (Lipinski definition) is 4. The fraction of sp³-hybridized carbons (Fsp3) is 0.385. The Balaban J connectivity index is 2.11. The second-order valence-electron chi connectivity index (χ2n) is 4.16. The number of halogens is 1. The van der Waals surface area contributed by atoms with Crippen molar-refractivity contribution in [1.29, 1.82) is 0 Å². The molecule has 0 N–H and O–H groups in total. The van der Waals surface area contributed by atoms with Gasteiger partial charge in [0.25, 0.3) is 0 Å². The Hall–Kier alpha value is -1.04. The van der Waals surface area contributed by atoms with Gasteiger partial charge < -0.3 is 9.53 Å². The fourth-order valence-corrected chi connectivity index (χ4v) is 2.73. The average molecular weight is 312 g/mol. The topological polar surface area (TPSA) is 46.6 Å². The molecule has 1 aliphatic heterocycles. The van der Waals surface area contributed by atoms with Crippen molar-refractivity contribution in [2.24, 2.45) is 0 Å². The smallest absolute Gasteiger partial charge is 0.168 e. The quantitative estimate of drug-likeness (QED) is 0.468. The van der Waals surface area contributed by atoms with Crippen LogP contribution in [0.5, 0.6) is 0 Å². The lowest BCUT2D eigenvalue weighted by Gasteiger charge is -2.27. The summed E-state index contributed by atoms with van der Waals surface area (Å²) in [4.78, 5) is 23.1. The van der Waals surface area contributed by atoms with Gasteiger partial charge in [0.1, 0.15) is 11.2 Å². The summed E-state index contributed by atoms with van der Waals surface area (Å²) in [6, 6.07) is 9.97. The van der Waals surface area contributed by atoms with Crippen molar-refractivity contribution in [1.82, 2.24) is 4.90 Å². The maximum Gasteiger partial charge on any atom is 0.168 e. The third-order valence-electron chi connectivity index (χ3n) is 3.00. The van der Waals surface area contributed by atoms with Crippen LogP contribution in [0.4, 0.5) is 0 Å². The molecule has 1 aromatic rings. The fourth-order valence-electron chi connectivity index (χ4n) is 2.16. The number of aldehydes is 2. The Morgan fingerprint density at radius 1 is 1.39 bits per heavy atom. The van der Waals surface area contributed by atoms with Gasteiger partial charge in [0.15, 0.2) is 12.5 Å².